The Morgan fingerprint density at radius 1 is 0.912 bits per heavy atom. The zero-order valence-corrected chi connectivity index (χ0v) is 20.1. The first kappa shape index (κ1) is 23.8. The molecule has 174 valence electrons. The molecule has 1 aliphatic carbocycles. The summed E-state index contributed by atoms with van der Waals surface area (Å²) in [7, 11) is 2.94. The Bertz CT molecular complexity index is 1320. The summed E-state index contributed by atoms with van der Waals surface area (Å²) in [5.74, 6) is -1.54. The number of benzene rings is 3. The van der Waals surface area contributed by atoms with Crippen LogP contribution >= 0.6 is 23.2 Å². The largest absolute Gasteiger partial charge is 0.493 e. The number of carbonyl (C=O) groups excluding carboxylic acids is 3. The maximum absolute atomic E-state index is 13.8. The normalized spacial score (nSPS) is 15.1. The number of esters is 1. The summed E-state index contributed by atoms with van der Waals surface area (Å²) >= 11 is 13.0. The van der Waals surface area contributed by atoms with Crippen LogP contribution in [0.5, 0.6) is 11.5 Å². The number of hydrogen-bond acceptors (Lipinski definition) is 6. The topological polar surface area (TPSA) is 78.9 Å². The lowest BCUT2D eigenvalue weighted by Crippen LogP contribution is -2.37. The van der Waals surface area contributed by atoms with Gasteiger partial charge in [0.25, 0.3) is 0 Å². The summed E-state index contributed by atoms with van der Waals surface area (Å²) in [4.78, 5) is 39.3. The van der Waals surface area contributed by atoms with Gasteiger partial charge in [-0.1, -0.05) is 47.5 Å². The van der Waals surface area contributed by atoms with Crippen molar-refractivity contribution in [3.05, 3.63) is 92.5 Å². The van der Waals surface area contributed by atoms with Gasteiger partial charge in [0.15, 0.2) is 23.4 Å². The van der Waals surface area contributed by atoms with Gasteiger partial charge in [0.05, 0.1) is 25.2 Å². The molecule has 0 fully saturated rings. The molecule has 3 aromatic rings. The number of ketones is 2. The van der Waals surface area contributed by atoms with E-state index in [4.69, 9.17) is 37.4 Å². The van der Waals surface area contributed by atoms with Crippen LogP contribution < -0.4 is 9.47 Å². The third-order valence-electron chi connectivity index (χ3n) is 5.74. The van der Waals surface area contributed by atoms with Gasteiger partial charge in [0.2, 0.25) is 5.78 Å². The fraction of sp³-hybridized carbons (Fsp3) is 0.192. The third kappa shape index (κ3) is 4.04. The molecule has 8 heteroatoms. The summed E-state index contributed by atoms with van der Waals surface area (Å²) in [5, 5.41) is 0.511. The second-order valence-corrected chi connectivity index (χ2v) is 8.49. The van der Waals surface area contributed by atoms with Gasteiger partial charge in [-0.25, -0.2) is 0 Å². The smallest absolute Gasteiger partial charge is 0.303 e. The van der Waals surface area contributed by atoms with E-state index in [1.54, 1.807) is 48.5 Å². The van der Waals surface area contributed by atoms with E-state index in [1.165, 1.54) is 27.2 Å². The molecule has 2 unspecified atom stereocenters. The predicted octanol–water partition coefficient (Wildman–Crippen LogP) is 5.50. The zero-order valence-electron chi connectivity index (χ0n) is 18.6. The molecule has 0 N–H and O–H groups in total. The molecule has 0 heterocycles. The maximum Gasteiger partial charge on any atom is 0.303 e. The summed E-state index contributed by atoms with van der Waals surface area (Å²) in [6.45, 7) is 1.22. The van der Waals surface area contributed by atoms with Crippen molar-refractivity contribution in [3.63, 3.8) is 0 Å². The van der Waals surface area contributed by atoms with Crippen LogP contribution in [0.25, 0.3) is 0 Å². The van der Waals surface area contributed by atoms with Crippen LogP contribution in [0.2, 0.25) is 10.0 Å². The first-order valence-electron chi connectivity index (χ1n) is 10.3. The molecular weight excluding hydrogens is 479 g/mol. The molecule has 0 amide bonds. The molecule has 0 saturated heterocycles. The van der Waals surface area contributed by atoms with Crippen LogP contribution in [-0.4, -0.2) is 37.9 Å². The molecule has 0 aromatic heterocycles. The van der Waals surface area contributed by atoms with Crippen molar-refractivity contribution in [1.82, 2.24) is 0 Å². The van der Waals surface area contributed by atoms with Gasteiger partial charge >= 0.3 is 5.97 Å². The van der Waals surface area contributed by atoms with Gasteiger partial charge in [-0.05, 0) is 41.5 Å². The van der Waals surface area contributed by atoms with Gasteiger partial charge in [0, 0.05) is 28.6 Å². The Morgan fingerprint density at radius 3 is 2.26 bits per heavy atom. The highest BCUT2D eigenvalue weighted by molar-refractivity contribution is 6.36. The number of halogens is 2. The predicted molar refractivity (Wildman–Crippen MR) is 128 cm³/mol. The highest BCUT2D eigenvalue weighted by Crippen LogP contribution is 2.45. The Kier molecular flexibility index (Phi) is 6.64. The molecule has 0 bridgehead atoms. The number of hydrogen-bond donors (Lipinski definition) is 0. The number of Topliss-reactive ketones (excluding diaryl/α,β-unsaturated/α-hetero) is 1. The molecule has 1 aliphatic rings. The minimum Gasteiger partial charge on any atom is -0.493 e. The van der Waals surface area contributed by atoms with E-state index >= 15 is 0 Å². The molecule has 0 saturated carbocycles. The quantitative estimate of drug-likeness (QED) is 0.329. The average molecular weight is 499 g/mol. The van der Waals surface area contributed by atoms with E-state index in [1.807, 2.05) is 0 Å². The van der Waals surface area contributed by atoms with Gasteiger partial charge in [0.1, 0.15) is 0 Å². The van der Waals surface area contributed by atoms with E-state index in [0.717, 1.165) is 0 Å². The molecular formula is C26H20Cl2O6. The summed E-state index contributed by atoms with van der Waals surface area (Å²) < 4.78 is 16.2. The van der Waals surface area contributed by atoms with Crippen LogP contribution in [0.3, 0.4) is 0 Å². The molecule has 0 aliphatic heterocycles. The SMILES string of the molecule is COc1ccc(C(=O)C(OC(C)=O)C2c3cccc(Cl)c3C(=O)c3cccc(Cl)c32)cc1OC. The van der Waals surface area contributed by atoms with Crippen LogP contribution in [0.4, 0.5) is 0 Å². The van der Waals surface area contributed by atoms with E-state index in [0.29, 0.717) is 28.2 Å². The van der Waals surface area contributed by atoms with Crippen LogP contribution in [0, 0.1) is 0 Å². The third-order valence-corrected chi connectivity index (χ3v) is 6.38. The van der Waals surface area contributed by atoms with Crippen molar-refractivity contribution >= 4 is 40.7 Å². The molecule has 0 radical (unpaired) electrons. The highest BCUT2D eigenvalue weighted by atomic mass is 35.5. The Balaban J connectivity index is 1.95. The molecule has 4 rings (SSSR count). The van der Waals surface area contributed by atoms with Crippen molar-refractivity contribution in [2.75, 3.05) is 14.2 Å². The minimum absolute atomic E-state index is 0.234. The average Bonchev–Trinajstić information content (AvgIpc) is 2.82. The second kappa shape index (κ2) is 9.49. The van der Waals surface area contributed by atoms with Crippen molar-refractivity contribution < 1.29 is 28.6 Å². The van der Waals surface area contributed by atoms with E-state index in [-0.39, 0.29) is 27.0 Å². The first-order chi connectivity index (χ1) is 16.3. The van der Waals surface area contributed by atoms with E-state index in [2.05, 4.69) is 0 Å². The second-order valence-electron chi connectivity index (χ2n) is 7.68. The molecule has 3 aromatic carbocycles. The molecule has 2 atom stereocenters. The fourth-order valence-electron chi connectivity index (χ4n) is 4.30. The number of carbonyl (C=O) groups is 3. The van der Waals surface area contributed by atoms with Crippen LogP contribution in [0.1, 0.15) is 50.2 Å². The molecule has 34 heavy (non-hydrogen) atoms. The standard InChI is InChI=1S/C26H20Cl2O6/c1-13(29)34-26(24(30)14-10-11-19(32-2)20(12-14)33-3)23-15-6-4-9-18(28)22(15)25(31)16-7-5-8-17(27)21(16)23/h4-12,23,26H,1-3H3. The van der Waals surface area contributed by atoms with Gasteiger partial charge in [-0.15, -0.1) is 0 Å². The highest BCUT2D eigenvalue weighted by Gasteiger charge is 2.43. The van der Waals surface area contributed by atoms with Gasteiger partial charge in [-0.2, -0.15) is 0 Å². The maximum atomic E-state index is 13.8. The van der Waals surface area contributed by atoms with E-state index < -0.39 is 23.8 Å². The van der Waals surface area contributed by atoms with Crippen molar-refractivity contribution in [3.8, 4) is 11.5 Å². The summed E-state index contributed by atoms with van der Waals surface area (Å²) in [6.07, 6.45) is -1.32. The Labute approximate surface area is 206 Å². The number of rotatable bonds is 6. The minimum atomic E-state index is -1.32. The molecule has 0 spiro atoms. The zero-order chi connectivity index (χ0) is 24.6. The Morgan fingerprint density at radius 2 is 1.59 bits per heavy atom. The number of ether oxygens (including phenoxy) is 3. The van der Waals surface area contributed by atoms with Gasteiger partial charge in [-0.3, -0.25) is 14.4 Å². The first-order valence-corrected chi connectivity index (χ1v) is 11.1. The fourth-order valence-corrected chi connectivity index (χ4v) is 4.86. The van der Waals surface area contributed by atoms with Crippen molar-refractivity contribution in [1.29, 1.82) is 0 Å². The number of methoxy groups -OCH3 is 2. The van der Waals surface area contributed by atoms with Gasteiger partial charge < -0.3 is 14.2 Å². The number of fused-ring (bicyclic) bond motifs is 2. The molecule has 6 nitrogen and oxygen atoms in total. The van der Waals surface area contributed by atoms with E-state index in [9.17, 15) is 14.4 Å². The lowest BCUT2D eigenvalue weighted by Gasteiger charge is -2.33. The van der Waals surface area contributed by atoms with Crippen LogP contribution in [0.15, 0.2) is 54.6 Å². The Hall–Kier alpha value is -3.35. The summed E-state index contributed by atoms with van der Waals surface area (Å²) in [6, 6.07) is 14.5. The lowest BCUT2D eigenvalue weighted by atomic mass is 9.73. The van der Waals surface area contributed by atoms with Crippen molar-refractivity contribution in [2.45, 2.75) is 18.9 Å². The van der Waals surface area contributed by atoms with Crippen molar-refractivity contribution in [2.24, 2.45) is 0 Å². The lowest BCUT2D eigenvalue weighted by molar-refractivity contribution is -0.144. The summed E-state index contributed by atoms with van der Waals surface area (Å²) in [5.41, 5.74) is 1.65. The van der Waals surface area contributed by atoms with Crippen LogP contribution in [-0.2, 0) is 9.53 Å². The monoisotopic (exact) mass is 498 g/mol.